The normalized spacial score (nSPS) is 16.9. The topological polar surface area (TPSA) is 17.1 Å². The third kappa shape index (κ3) is 2.36. The Morgan fingerprint density at radius 1 is 1.78 bits per heavy atom. The number of carbonyl (C=O) groups is 1. The Labute approximate surface area is 69.1 Å². The summed E-state index contributed by atoms with van der Waals surface area (Å²) in [4.78, 5) is 10.6. The summed E-state index contributed by atoms with van der Waals surface area (Å²) >= 11 is 12.1. The van der Waals surface area contributed by atoms with Crippen molar-refractivity contribution in [3.63, 3.8) is 0 Å². The van der Waals surface area contributed by atoms with Crippen LogP contribution in [0.2, 0.25) is 0 Å². The van der Waals surface area contributed by atoms with Crippen LogP contribution in [0.25, 0.3) is 0 Å². The monoisotopic (exact) mass is 186 g/mol. The molecule has 9 heavy (non-hydrogen) atoms. The van der Waals surface area contributed by atoms with Gasteiger partial charge in [-0.05, 0) is 24.8 Å². The molecule has 0 bridgehead atoms. The van der Waals surface area contributed by atoms with Crippen LogP contribution in [0.15, 0.2) is 0 Å². The van der Waals surface area contributed by atoms with E-state index in [0.29, 0.717) is 0 Å². The predicted octanol–water partition coefficient (Wildman–Crippen LogP) is 2.11. The zero-order chi connectivity index (χ0) is 7.49. The van der Waals surface area contributed by atoms with Crippen LogP contribution in [0.3, 0.4) is 0 Å². The largest absolute Gasteiger partial charge is 0.280 e. The van der Waals surface area contributed by atoms with Crippen LogP contribution in [0, 0.1) is 0 Å². The van der Waals surface area contributed by atoms with Crippen molar-refractivity contribution in [1.29, 1.82) is 0 Å². The molecular weight excluding hydrogens is 179 g/mol. The lowest BCUT2D eigenvalue weighted by molar-refractivity contribution is -0.112. The maximum Gasteiger partial charge on any atom is 0.238 e. The fraction of sp³-hybridized carbons (Fsp3) is 0.800. The molecule has 0 aliphatic carbocycles. The first-order valence-electron chi connectivity index (χ1n) is 2.38. The first-order chi connectivity index (χ1) is 4.06. The van der Waals surface area contributed by atoms with E-state index in [0.717, 1.165) is 0 Å². The summed E-state index contributed by atoms with van der Waals surface area (Å²) in [6.45, 7) is 1.72. The van der Waals surface area contributed by atoms with Gasteiger partial charge in [-0.1, -0.05) is 0 Å². The zero-order valence-electron chi connectivity index (χ0n) is 5.28. The summed E-state index contributed by atoms with van der Waals surface area (Å²) in [5.41, 5.74) is 0. The Hall–Kier alpha value is 0.600. The molecule has 0 aromatic carbocycles. The number of alkyl halides is 1. The van der Waals surface area contributed by atoms with E-state index in [2.05, 4.69) is 0 Å². The van der Waals surface area contributed by atoms with Gasteiger partial charge in [0.25, 0.3) is 0 Å². The first kappa shape index (κ1) is 9.60. The highest BCUT2D eigenvalue weighted by molar-refractivity contribution is 8.01. The molecular formula is C5H8Cl2OS. The van der Waals surface area contributed by atoms with Crippen molar-refractivity contribution in [3.8, 4) is 0 Å². The average Bonchev–Trinajstić information content (AvgIpc) is 1.86. The van der Waals surface area contributed by atoms with Crippen molar-refractivity contribution in [2.75, 3.05) is 12.1 Å². The van der Waals surface area contributed by atoms with Gasteiger partial charge < -0.3 is 0 Å². The van der Waals surface area contributed by atoms with Gasteiger partial charge >= 0.3 is 0 Å². The van der Waals surface area contributed by atoms with E-state index in [1.165, 1.54) is 11.8 Å². The van der Waals surface area contributed by atoms with Crippen LogP contribution >= 0.6 is 35.0 Å². The van der Waals surface area contributed by atoms with E-state index in [1.54, 1.807) is 6.92 Å². The van der Waals surface area contributed by atoms with E-state index >= 15 is 0 Å². The Morgan fingerprint density at radius 3 is 2.22 bits per heavy atom. The quantitative estimate of drug-likeness (QED) is 0.497. The van der Waals surface area contributed by atoms with Gasteiger partial charge in [-0.25, -0.2) is 0 Å². The number of rotatable bonds is 3. The van der Waals surface area contributed by atoms with Crippen LogP contribution in [-0.4, -0.2) is 22.1 Å². The van der Waals surface area contributed by atoms with Crippen molar-refractivity contribution in [2.45, 2.75) is 11.7 Å². The zero-order valence-corrected chi connectivity index (χ0v) is 7.61. The number of thioether (sulfide) groups is 1. The Bertz CT molecular complexity index is 112. The third-order valence-corrected chi connectivity index (χ3v) is 3.57. The second kappa shape index (κ2) is 3.69. The van der Waals surface area contributed by atoms with Gasteiger partial charge in [0.15, 0.2) is 0 Å². The van der Waals surface area contributed by atoms with Gasteiger partial charge in [0.2, 0.25) is 5.24 Å². The second-order valence-electron chi connectivity index (χ2n) is 1.84. The molecule has 1 atom stereocenters. The van der Waals surface area contributed by atoms with Crippen molar-refractivity contribution in [3.05, 3.63) is 0 Å². The number of carbonyl (C=O) groups excluding carboxylic acids is 1. The molecule has 0 aromatic rings. The van der Waals surface area contributed by atoms with Gasteiger partial charge in [0, 0.05) is 5.88 Å². The lowest BCUT2D eigenvalue weighted by Crippen LogP contribution is -2.29. The molecule has 0 aliphatic heterocycles. The van der Waals surface area contributed by atoms with E-state index in [1.807, 2.05) is 6.26 Å². The van der Waals surface area contributed by atoms with E-state index < -0.39 is 4.75 Å². The average molecular weight is 187 g/mol. The third-order valence-electron chi connectivity index (χ3n) is 1.12. The molecule has 0 saturated carbocycles. The molecule has 0 amide bonds. The Morgan fingerprint density at radius 2 is 2.22 bits per heavy atom. The van der Waals surface area contributed by atoms with Crippen molar-refractivity contribution >= 4 is 40.2 Å². The van der Waals surface area contributed by atoms with Crippen LogP contribution in [0.5, 0.6) is 0 Å². The molecule has 1 nitrogen and oxygen atoms in total. The minimum absolute atomic E-state index is 0.260. The molecule has 0 saturated heterocycles. The smallest absolute Gasteiger partial charge is 0.238 e. The Balaban J connectivity index is 4.09. The highest BCUT2D eigenvalue weighted by Crippen LogP contribution is 2.26. The maximum atomic E-state index is 10.6. The minimum atomic E-state index is -0.608. The van der Waals surface area contributed by atoms with E-state index in [-0.39, 0.29) is 11.1 Å². The maximum absolute atomic E-state index is 10.6. The molecule has 0 spiro atoms. The highest BCUT2D eigenvalue weighted by Gasteiger charge is 2.29. The number of hydrogen-bond acceptors (Lipinski definition) is 2. The van der Waals surface area contributed by atoms with Crippen LogP contribution in [0.1, 0.15) is 6.92 Å². The summed E-state index contributed by atoms with van der Waals surface area (Å²) < 4.78 is -0.608. The van der Waals surface area contributed by atoms with Crippen molar-refractivity contribution < 1.29 is 4.79 Å². The minimum Gasteiger partial charge on any atom is -0.280 e. The molecule has 0 radical (unpaired) electrons. The summed E-state index contributed by atoms with van der Waals surface area (Å²) in [6.07, 6.45) is 1.81. The van der Waals surface area contributed by atoms with Crippen molar-refractivity contribution in [1.82, 2.24) is 0 Å². The fourth-order valence-electron chi connectivity index (χ4n) is 0.187. The molecule has 0 fully saturated rings. The molecule has 0 aliphatic rings. The molecule has 54 valence electrons. The molecule has 4 heteroatoms. The van der Waals surface area contributed by atoms with E-state index in [9.17, 15) is 4.79 Å². The van der Waals surface area contributed by atoms with Gasteiger partial charge in [0.05, 0.1) is 0 Å². The van der Waals surface area contributed by atoms with Gasteiger partial charge in [0.1, 0.15) is 4.75 Å². The lowest BCUT2D eigenvalue weighted by atomic mass is 10.2. The summed E-state index contributed by atoms with van der Waals surface area (Å²) in [5, 5.41) is -0.384. The lowest BCUT2D eigenvalue weighted by Gasteiger charge is -2.18. The fourth-order valence-corrected chi connectivity index (χ4v) is 1.27. The van der Waals surface area contributed by atoms with Crippen LogP contribution in [-0.2, 0) is 4.79 Å². The van der Waals surface area contributed by atoms with Gasteiger partial charge in [-0.15, -0.1) is 23.4 Å². The number of halogens is 2. The highest BCUT2D eigenvalue weighted by atomic mass is 35.5. The summed E-state index contributed by atoms with van der Waals surface area (Å²) in [6, 6.07) is 0. The standard InChI is InChI=1S/C5H8Cl2OS/c1-5(3-6,9-2)4(7)8/h3H2,1-2H3. The van der Waals surface area contributed by atoms with Crippen LogP contribution in [0.4, 0.5) is 0 Å². The molecule has 0 heterocycles. The predicted molar refractivity (Wildman–Crippen MR) is 43.5 cm³/mol. The molecule has 1 unspecified atom stereocenters. The Kier molecular flexibility index (Phi) is 3.94. The molecule has 0 aromatic heterocycles. The SMILES string of the molecule is CSC(C)(CCl)C(=O)Cl. The van der Waals surface area contributed by atoms with Gasteiger partial charge in [-0.2, -0.15) is 0 Å². The van der Waals surface area contributed by atoms with Crippen molar-refractivity contribution in [2.24, 2.45) is 0 Å². The second-order valence-corrected chi connectivity index (χ2v) is 3.76. The van der Waals surface area contributed by atoms with E-state index in [4.69, 9.17) is 23.2 Å². The first-order valence-corrected chi connectivity index (χ1v) is 4.51. The summed E-state index contributed by atoms with van der Waals surface area (Å²) in [5.74, 6) is 0.260. The number of hydrogen-bond donors (Lipinski definition) is 0. The summed E-state index contributed by atoms with van der Waals surface area (Å²) in [7, 11) is 0. The van der Waals surface area contributed by atoms with Crippen LogP contribution < -0.4 is 0 Å². The van der Waals surface area contributed by atoms with Gasteiger partial charge in [-0.3, -0.25) is 4.79 Å². The molecule has 0 rings (SSSR count). The molecule has 0 N–H and O–H groups in total.